The van der Waals surface area contributed by atoms with Gasteiger partial charge in [0.1, 0.15) is 0 Å². The van der Waals surface area contributed by atoms with Crippen molar-refractivity contribution in [2.75, 3.05) is 13.2 Å². The van der Waals surface area contributed by atoms with Gasteiger partial charge in [-0.3, -0.25) is 0 Å². The third-order valence-electron chi connectivity index (χ3n) is 4.72. The molecule has 0 rings (SSSR count). The SMILES string of the molecule is CCOCCC[Si](C)(C)O[Si](C)(C)O[Si](C)(C)CC[Si](C)(C)O[Si](C)(C)O[Si](C)(C)C. The highest BCUT2D eigenvalue weighted by atomic mass is 28.5. The van der Waals surface area contributed by atoms with Gasteiger partial charge < -0.3 is 21.2 Å². The van der Waals surface area contributed by atoms with Crippen LogP contribution in [0.15, 0.2) is 0 Å². The largest absolute Gasteiger partial charge is 0.437 e. The predicted molar refractivity (Wildman–Crippen MR) is 151 cm³/mol. The number of hydrogen-bond acceptors (Lipinski definition) is 5. The molecule has 11 heteroatoms. The summed E-state index contributed by atoms with van der Waals surface area (Å²) in [5, 5.41) is 0. The molecule has 0 atom stereocenters. The first-order valence-electron chi connectivity index (χ1n) is 12.0. The van der Waals surface area contributed by atoms with E-state index in [0.717, 1.165) is 37.8 Å². The quantitative estimate of drug-likeness (QED) is 0.151. The van der Waals surface area contributed by atoms with Crippen LogP contribution in [-0.4, -0.2) is 63.6 Å². The zero-order valence-electron chi connectivity index (χ0n) is 23.3. The van der Waals surface area contributed by atoms with E-state index in [9.17, 15) is 0 Å². The van der Waals surface area contributed by atoms with Gasteiger partial charge in [-0.2, -0.15) is 0 Å². The van der Waals surface area contributed by atoms with Crippen molar-refractivity contribution in [2.45, 2.75) is 117 Å². The van der Waals surface area contributed by atoms with Gasteiger partial charge in [0.2, 0.25) is 0 Å². The van der Waals surface area contributed by atoms with Gasteiger partial charge in [-0.1, -0.05) is 0 Å². The van der Waals surface area contributed by atoms with E-state index in [0.29, 0.717) is 0 Å². The molecule has 5 nitrogen and oxygen atoms in total. The van der Waals surface area contributed by atoms with E-state index in [1.807, 2.05) is 6.92 Å². The van der Waals surface area contributed by atoms with Crippen LogP contribution in [0.25, 0.3) is 0 Å². The molecule has 0 aliphatic heterocycles. The molecule has 0 aromatic rings. The van der Waals surface area contributed by atoms with Gasteiger partial charge in [0.25, 0.3) is 0 Å². The third-order valence-corrected chi connectivity index (χ3v) is 26.6. The van der Waals surface area contributed by atoms with Gasteiger partial charge in [0.15, 0.2) is 33.3 Å². The second kappa shape index (κ2) is 12.2. The Hall–Kier alpha value is 1.10. The van der Waals surface area contributed by atoms with Crippen LogP contribution in [0.1, 0.15) is 13.3 Å². The molecule has 0 radical (unpaired) electrons. The van der Waals surface area contributed by atoms with Gasteiger partial charge in [0, 0.05) is 13.2 Å². The maximum absolute atomic E-state index is 6.81. The summed E-state index contributed by atoms with van der Waals surface area (Å²) in [6.45, 7) is 33.3. The summed E-state index contributed by atoms with van der Waals surface area (Å²) in [4.78, 5) is 0. The monoisotopic (exact) mass is 542 g/mol. The molecule has 0 aliphatic carbocycles. The summed E-state index contributed by atoms with van der Waals surface area (Å²) < 4.78 is 32.2. The first kappa shape index (κ1) is 32.1. The molecule has 0 aliphatic rings. The zero-order valence-corrected chi connectivity index (χ0v) is 29.3. The lowest BCUT2D eigenvalue weighted by molar-refractivity contribution is 0.147. The molecular weight excluding hydrogens is 489 g/mol. The maximum atomic E-state index is 6.81. The molecule has 0 aromatic heterocycles. The molecule has 0 bridgehead atoms. The fourth-order valence-corrected chi connectivity index (χ4v) is 34.3. The van der Waals surface area contributed by atoms with Crippen LogP contribution >= 0.6 is 0 Å². The Bertz CT molecular complexity index is 533. The molecule has 31 heavy (non-hydrogen) atoms. The molecule has 0 unspecified atom stereocenters. The number of hydrogen-bond donors (Lipinski definition) is 0. The number of rotatable bonds is 16. The zero-order chi connectivity index (χ0) is 24.8. The second-order valence-electron chi connectivity index (χ2n) is 12.4. The molecule has 188 valence electrons. The lowest BCUT2D eigenvalue weighted by Gasteiger charge is -2.41. The van der Waals surface area contributed by atoms with Gasteiger partial charge in [-0.15, -0.1) is 0 Å². The number of ether oxygens (including phenoxy) is 1. The molecule has 0 N–H and O–H groups in total. The summed E-state index contributed by atoms with van der Waals surface area (Å²) in [6, 6.07) is 3.37. The van der Waals surface area contributed by atoms with Gasteiger partial charge in [-0.05, 0) is 117 Å². The fraction of sp³-hybridized carbons (Fsp3) is 1.00. The fourth-order valence-electron chi connectivity index (χ4n) is 4.27. The Kier molecular flexibility index (Phi) is 12.6. The molecular formula is C20H54O5Si6. The van der Waals surface area contributed by atoms with Crippen molar-refractivity contribution in [1.82, 2.24) is 0 Å². The van der Waals surface area contributed by atoms with E-state index < -0.39 is 50.4 Å². The van der Waals surface area contributed by atoms with Crippen molar-refractivity contribution in [2.24, 2.45) is 0 Å². The lowest BCUT2D eigenvalue weighted by Crippen LogP contribution is -2.54. The average Bonchev–Trinajstić information content (AvgIpc) is 2.44. The van der Waals surface area contributed by atoms with Crippen LogP contribution < -0.4 is 0 Å². The Morgan fingerprint density at radius 2 is 0.839 bits per heavy atom. The first-order valence-corrected chi connectivity index (χ1v) is 30.4. The molecule has 0 fully saturated rings. The summed E-state index contributed by atoms with van der Waals surface area (Å²) in [5.74, 6) is 0. The van der Waals surface area contributed by atoms with Crippen LogP contribution in [0, 0.1) is 0 Å². The van der Waals surface area contributed by atoms with E-state index in [4.69, 9.17) is 21.2 Å². The second-order valence-corrected chi connectivity index (χ2v) is 37.5. The Morgan fingerprint density at radius 1 is 0.484 bits per heavy atom. The van der Waals surface area contributed by atoms with Crippen LogP contribution in [-0.2, 0) is 21.2 Å². The van der Waals surface area contributed by atoms with E-state index in [-0.39, 0.29) is 0 Å². The molecule has 0 amide bonds. The van der Waals surface area contributed by atoms with Crippen LogP contribution in [0.3, 0.4) is 0 Å². The van der Waals surface area contributed by atoms with Crippen molar-refractivity contribution < 1.29 is 21.2 Å². The smallest absolute Gasteiger partial charge is 0.311 e. The normalized spacial score (nSPS) is 14.9. The minimum atomic E-state index is -2.17. The average molecular weight is 543 g/mol. The summed E-state index contributed by atoms with van der Waals surface area (Å²) in [6.07, 6.45) is 1.08. The Labute approximate surface area is 201 Å². The summed E-state index contributed by atoms with van der Waals surface area (Å²) in [7, 11) is -11.3. The van der Waals surface area contributed by atoms with Crippen LogP contribution in [0.5, 0.6) is 0 Å². The van der Waals surface area contributed by atoms with Gasteiger partial charge in [-0.25, -0.2) is 0 Å². The van der Waals surface area contributed by atoms with E-state index in [2.05, 4.69) is 85.1 Å². The molecule has 0 aromatic carbocycles. The third kappa shape index (κ3) is 17.2. The highest BCUT2D eigenvalue weighted by molar-refractivity contribution is 6.90. The first-order chi connectivity index (χ1) is 13.6. The van der Waals surface area contributed by atoms with Crippen LogP contribution in [0.2, 0.25) is 103 Å². The lowest BCUT2D eigenvalue weighted by atomic mass is 10.5. The van der Waals surface area contributed by atoms with Gasteiger partial charge in [0.05, 0.1) is 0 Å². The highest BCUT2D eigenvalue weighted by Crippen LogP contribution is 2.30. The highest BCUT2D eigenvalue weighted by Gasteiger charge is 2.42. The van der Waals surface area contributed by atoms with Crippen molar-refractivity contribution >= 4 is 50.4 Å². The van der Waals surface area contributed by atoms with Crippen molar-refractivity contribution in [1.29, 1.82) is 0 Å². The predicted octanol–water partition coefficient (Wildman–Crippen LogP) is 7.33. The van der Waals surface area contributed by atoms with Crippen LogP contribution in [0.4, 0.5) is 0 Å². The van der Waals surface area contributed by atoms with E-state index >= 15 is 0 Å². The van der Waals surface area contributed by atoms with Gasteiger partial charge >= 0.3 is 17.1 Å². The molecule has 0 spiro atoms. The minimum absolute atomic E-state index is 0.791. The summed E-state index contributed by atoms with van der Waals surface area (Å²) >= 11 is 0. The molecule has 0 saturated carbocycles. The van der Waals surface area contributed by atoms with Crippen molar-refractivity contribution in [3.63, 3.8) is 0 Å². The Morgan fingerprint density at radius 3 is 1.19 bits per heavy atom. The standard InChI is InChI=1S/C20H54O5Si6/c1-15-21-17-16-18-27(5,6)23-31(13,14)25-29(9,10)20-19-28(7,8)24-30(11,12)22-26(2,3)4/h15-20H2,1-14H3. The Balaban J connectivity index is 4.82. The molecule has 0 saturated heterocycles. The van der Waals surface area contributed by atoms with E-state index in [1.165, 1.54) is 0 Å². The summed E-state index contributed by atoms with van der Waals surface area (Å²) in [5.41, 5.74) is 0. The topological polar surface area (TPSA) is 46.2 Å². The van der Waals surface area contributed by atoms with Crippen molar-refractivity contribution in [3.05, 3.63) is 0 Å². The van der Waals surface area contributed by atoms with E-state index in [1.54, 1.807) is 0 Å². The molecule has 0 heterocycles. The van der Waals surface area contributed by atoms with Crippen molar-refractivity contribution in [3.8, 4) is 0 Å². The maximum Gasteiger partial charge on any atom is 0.311 e. The minimum Gasteiger partial charge on any atom is -0.437 e.